The molecule has 28 heavy (non-hydrogen) atoms. The van der Waals surface area contributed by atoms with Crippen LogP contribution in [0.3, 0.4) is 0 Å². The lowest BCUT2D eigenvalue weighted by Crippen LogP contribution is -2.43. The van der Waals surface area contributed by atoms with E-state index >= 15 is 0 Å². The Morgan fingerprint density at radius 1 is 1.14 bits per heavy atom. The largest absolute Gasteiger partial charge is 0.465 e. The van der Waals surface area contributed by atoms with Crippen molar-refractivity contribution < 1.29 is 23.8 Å². The van der Waals surface area contributed by atoms with Gasteiger partial charge in [0.1, 0.15) is 17.1 Å². The minimum Gasteiger partial charge on any atom is -0.465 e. The number of halogens is 2. The summed E-state index contributed by atoms with van der Waals surface area (Å²) in [6.45, 7) is 0. The van der Waals surface area contributed by atoms with Crippen molar-refractivity contribution in [1.29, 1.82) is 0 Å². The summed E-state index contributed by atoms with van der Waals surface area (Å²) in [4.78, 5) is 27.3. The van der Waals surface area contributed by atoms with E-state index in [1.807, 2.05) is 12.1 Å². The van der Waals surface area contributed by atoms with Crippen LogP contribution in [0.25, 0.3) is 0 Å². The maximum atomic E-state index is 13.7. The van der Waals surface area contributed by atoms with Crippen molar-refractivity contribution in [3.05, 3.63) is 51.5 Å². The number of carbonyl (C=O) groups is 2. The Kier molecular flexibility index (Phi) is 6.65. The fourth-order valence-electron chi connectivity index (χ4n) is 3.13. The van der Waals surface area contributed by atoms with Crippen LogP contribution in [0.1, 0.15) is 36.0 Å². The van der Waals surface area contributed by atoms with Crippen molar-refractivity contribution in [2.75, 3.05) is 0 Å². The molecule has 0 bridgehead atoms. The molecule has 7 nitrogen and oxygen atoms in total. The van der Waals surface area contributed by atoms with Crippen molar-refractivity contribution in [2.45, 2.75) is 37.8 Å². The number of amides is 2. The Balaban J connectivity index is 1.68. The van der Waals surface area contributed by atoms with Crippen LogP contribution >= 0.6 is 22.6 Å². The summed E-state index contributed by atoms with van der Waals surface area (Å²) in [5.41, 5.74) is 0.0182. The predicted octanol–water partition coefficient (Wildman–Crippen LogP) is 3.93. The van der Waals surface area contributed by atoms with E-state index < -0.39 is 17.8 Å². The molecule has 1 aliphatic carbocycles. The Hall–Kier alpha value is -2.43. The predicted molar refractivity (Wildman–Crippen MR) is 108 cm³/mol. The van der Waals surface area contributed by atoms with Gasteiger partial charge >= 0.3 is 6.09 Å². The molecule has 1 aliphatic rings. The molecule has 2 amide bonds. The van der Waals surface area contributed by atoms with E-state index in [0.717, 1.165) is 15.8 Å². The number of hydrogen-bond acceptors (Lipinski definition) is 4. The second-order valence-corrected chi connectivity index (χ2v) is 7.78. The van der Waals surface area contributed by atoms with Crippen molar-refractivity contribution in [1.82, 2.24) is 15.6 Å². The molecule has 2 aromatic rings. The van der Waals surface area contributed by atoms with E-state index in [-0.39, 0.29) is 23.5 Å². The van der Waals surface area contributed by atoms with E-state index in [4.69, 9.17) is 9.84 Å². The van der Waals surface area contributed by atoms with Gasteiger partial charge in [-0.15, -0.1) is 0 Å². The summed E-state index contributed by atoms with van der Waals surface area (Å²) in [5.74, 6) is -0.570. The maximum Gasteiger partial charge on any atom is 0.404 e. The van der Waals surface area contributed by atoms with Gasteiger partial charge in [0, 0.05) is 15.7 Å². The molecule has 0 atom stereocenters. The van der Waals surface area contributed by atoms with Crippen LogP contribution in [0.15, 0.2) is 36.5 Å². The average Bonchev–Trinajstić information content (AvgIpc) is 2.64. The number of benzene rings is 1. The standard InChI is InChI=1S/C19H19FIN3O4/c20-11-8-16(18(22-10-11)28-15-3-1-2-12(21)9-15)17(25)23-13-4-6-14(7-5-13)24-19(26)27/h1-3,8-10,13-14,24H,4-7H2,(H,23,25)(H,26,27)/t13-,14-. The molecule has 9 heteroatoms. The summed E-state index contributed by atoms with van der Waals surface area (Å²) in [6.07, 6.45) is 2.48. The Labute approximate surface area is 174 Å². The minimum atomic E-state index is -1.05. The van der Waals surface area contributed by atoms with Gasteiger partial charge < -0.3 is 20.5 Å². The molecule has 1 aromatic carbocycles. The van der Waals surface area contributed by atoms with Gasteiger partial charge in [0.25, 0.3) is 5.91 Å². The van der Waals surface area contributed by atoms with Gasteiger partial charge in [0.05, 0.1) is 6.20 Å². The van der Waals surface area contributed by atoms with E-state index in [9.17, 15) is 14.0 Å². The summed E-state index contributed by atoms with van der Waals surface area (Å²) in [6, 6.07) is 8.09. The fourth-order valence-corrected chi connectivity index (χ4v) is 3.65. The highest BCUT2D eigenvalue weighted by atomic mass is 127. The minimum absolute atomic E-state index is 0.0182. The highest BCUT2D eigenvalue weighted by molar-refractivity contribution is 14.1. The lowest BCUT2D eigenvalue weighted by molar-refractivity contribution is 0.0919. The zero-order valence-electron chi connectivity index (χ0n) is 14.8. The summed E-state index contributed by atoms with van der Waals surface area (Å²) < 4.78 is 20.3. The Morgan fingerprint density at radius 2 is 1.82 bits per heavy atom. The molecule has 1 fully saturated rings. The van der Waals surface area contributed by atoms with Crippen molar-refractivity contribution >= 4 is 34.6 Å². The lowest BCUT2D eigenvalue weighted by Gasteiger charge is -2.29. The number of aromatic nitrogens is 1. The van der Waals surface area contributed by atoms with Crippen molar-refractivity contribution in [3.8, 4) is 11.6 Å². The molecular formula is C19H19FIN3O4. The normalized spacial score (nSPS) is 18.9. The third-order valence-corrected chi connectivity index (χ3v) is 5.13. The van der Waals surface area contributed by atoms with Crippen LogP contribution < -0.4 is 15.4 Å². The van der Waals surface area contributed by atoms with Gasteiger partial charge in [-0.3, -0.25) is 4.79 Å². The van der Waals surface area contributed by atoms with Crippen LogP contribution in [0, 0.1) is 9.39 Å². The first-order valence-corrected chi connectivity index (χ1v) is 9.88. The fraction of sp³-hybridized carbons (Fsp3) is 0.316. The molecule has 0 radical (unpaired) electrons. The van der Waals surface area contributed by atoms with Crippen molar-refractivity contribution in [3.63, 3.8) is 0 Å². The second kappa shape index (κ2) is 9.18. The van der Waals surface area contributed by atoms with Crippen LogP contribution in [0.4, 0.5) is 9.18 Å². The molecule has 1 heterocycles. The van der Waals surface area contributed by atoms with Gasteiger partial charge in [0.2, 0.25) is 5.88 Å². The monoisotopic (exact) mass is 499 g/mol. The average molecular weight is 499 g/mol. The van der Waals surface area contributed by atoms with Crippen molar-refractivity contribution in [2.24, 2.45) is 0 Å². The number of carboxylic acid groups (broad SMARTS) is 1. The number of nitrogens with zero attached hydrogens (tertiary/aromatic N) is 1. The third kappa shape index (κ3) is 5.54. The van der Waals surface area contributed by atoms with Gasteiger partial charge in [-0.1, -0.05) is 6.07 Å². The first kappa shape index (κ1) is 20.3. The highest BCUT2D eigenvalue weighted by Gasteiger charge is 2.25. The zero-order chi connectivity index (χ0) is 20.1. The van der Waals surface area contributed by atoms with E-state index in [0.29, 0.717) is 31.4 Å². The smallest absolute Gasteiger partial charge is 0.404 e. The van der Waals surface area contributed by atoms with Crippen LogP contribution in [-0.4, -0.2) is 34.2 Å². The lowest BCUT2D eigenvalue weighted by atomic mass is 9.91. The number of nitrogens with one attached hydrogen (secondary N) is 2. The molecule has 148 valence electrons. The molecule has 1 aromatic heterocycles. The molecule has 3 rings (SSSR count). The topological polar surface area (TPSA) is 101 Å². The molecule has 1 saturated carbocycles. The molecule has 0 unspecified atom stereocenters. The van der Waals surface area contributed by atoms with Gasteiger partial charge in [-0.25, -0.2) is 14.2 Å². The summed E-state index contributed by atoms with van der Waals surface area (Å²) in [7, 11) is 0. The zero-order valence-corrected chi connectivity index (χ0v) is 17.0. The number of hydrogen-bond donors (Lipinski definition) is 3. The highest BCUT2D eigenvalue weighted by Crippen LogP contribution is 2.26. The number of pyridine rings is 1. The summed E-state index contributed by atoms with van der Waals surface area (Å²) in [5, 5.41) is 14.1. The van der Waals surface area contributed by atoms with Gasteiger partial charge in [-0.05, 0) is 72.5 Å². The van der Waals surface area contributed by atoms with E-state index in [1.165, 1.54) is 0 Å². The first-order chi connectivity index (χ1) is 13.4. The number of carbonyl (C=O) groups excluding carboxylic acids is 1. The Morgan fingerprint density at radius 3 is 2.46 bits per heavy atom. The molecule has 0 aliphatic heterocycles. The molecule has 0 saturated heterocycles. The van der Waals surface area contributed by atoms with Crippen LogP contribution in [0.2, 0.25) is 0 Å². The summed E-state index contributed by atoms with van der Waals surface area (Å²) >= 11 is 2.14. The molecule has 0 spiro atoms. The second-order valence-electron chi connectivity index (χ2n) is 6.54. The Bertz CT molecular complexity index is 872. The first-order valence-electron chi connectivity index (χ1n) is 8.80. The number of rotatable bonds is 5. The maximum absolute atomic E-state index is 13.7. The number of ether oxygens (including phenoxy) is 1. The molecular weight excluding hydrogens is 480 g/mol. The molecule has 3 N–H and O–H groups in total. The third-order valence-electron chi connectivity index (χ3n) is 4.46. The van der Waals surface area contributed by atoms with E-state index in [2.05, 4.69) is 38.2 Å². The van der Waals surface area contributed by atoms with Crippen LogP contribution in [0.5, 0.6) is 11.6 Å². The van der Waals surface area contributed by atoms with Gasteiger partial charge in [-0.2, -0.15) is 0 Å². The SMILES string of the molecule is O=C(O)N[C@H]1CC[C@H](NC(=O)c2cc(F)cnc2Oc2cccc(I)c2)CC1. The van der Waals surface area contributed by atoms with Crippen LogP contribution in [-0.2, 0) is 0 Å². The van der Waals surface area contributed by atoms with E-state index in [1.54, 1.807) is 12.1 Å². The van der Waals surface area contributed by atoms with Gasteiger partial charge in [0.15, 0.2) is 0 Å². The quantitative estimate of drug-likeness (QED) is 0.542.